The second kappa shape index (κ2) is 15.6. The number of carbonyl (C=O) groups is 2. The minimum atomic E-state index is -1.15. The molecule has 2 amide bonds. The van der Waals surface area contributed by atoms with E-state index in [-0.39, 0.29) is 32.1 Å². The molecule has 0 aliphatic heterocycles. The SMILES string of the molecule is CCCCC(=O)N(CCc1cc2ccccc2[nH]1)C1CC(C(=O)NCCO)=CC(Oc2c(I)cc(CO)cc2OC)C1O. The number of para-hydroxylation sites is 1. The quantitative estimate of drug-likeness (QED) is 0.162. The van der Waals surface area contributed by atoms with Gasteiger partial charge in [-0.3, -0.25) is 9.59 Å². The van der Waals surface area contributed by atoms with Gasteiger partial charge in [0, 0.05) is 49.1 Å². The average molecular weight is 706 g/mol. The maximum atomic E-state index is 13.6. The van der Waals surface area contributed by atoms with E-state index in [4.69, 9.17) is 9.47 Å². The summed E-state index contributed by atoms with van der Waals surface area (Å²) in [6, 6.07) is 12.7. The molecule has 0 saturated carbocycles. The lowest BCUT2D eigenvalue weighted by Crippen LogP contribution is -2.55. The minimum absolute atomic E-state index is 0.0722. The van der Waals surface area contributed by atoms with Crippen LogP contribution in [-0.4, -0.2) is 82.1 Å². The van der Waals surface area contributed by atoms with Crippen LogP contribution >= 0.6 is 22.6 Å². The minimum Gasteiger partial charge on any atom is -0.493 e. The number of amides is 2. The van der Waals surface area contributed by atoms with Crippen LogP contribution in [0.15, 0.2) is 54.1 Å². The van der Waals surface area contributed by atoms with Crippen LogP contribution in [0, 0.1) is 3.57 Å². The fourth-order valence-corrected chi connectivity index (χ4v) is 6.14. The molecule has 0 fully saturated rings. The van der Waals surface area contributed by atoms with Crippen LogP contribution in [0.5, 0.6) is 11.5 Å². The number of fused-ring (bicyclic) bond motifs is 1. The van der Waals surface area contributed by atoms with Crippen LogP contribution in [0.2, 0.25) is 0 Å². The predicted octanol–water partition coefficient (Wildman–Crippen LogP) is 3.45. The summed E-state index contributed by atoms with van der Waals surface area (Å²) in [5.74, 6) is 0.239. The van der Waals surface area contributed by atoms with Crippen molar-refractivity contribution in [1.82, 2.24) is 15.2 Å². The number of unbranched alkanes of at least 4 members (excludes halogenated alkanes) is 1. The van der Waals surface area contributed by atoms with Gasteiger partial charge in [0.05, 0.1) is 29.9 Å². The molecule has 5 N–H and O–H groups in total. The van der Waals surface area contributed by atoms with Crippen LogP contribution in [-0.2, 0) is 22.6 Å². The summed E-state index contributed by atoms with van der Waals surface area (Å²) in [6.45, 7) is 2.03. The number of halogens is 1. The number of rotatable bonds is 14. The third-order valence-corrected chi connectivity index (χ3v) is 8.41. The molecule has 1 aliphatic carbocycles. The number of benzene rings is 2. The van der Waals surface area contributed by atoms with E-state index in [1.807, 2.05) is 31.2 Å². The number of H-pyrrole nitrogens is 1. The van der Waals surface area contributed by atoms with E-state index in [0.717, 1.165) is 23.0 Å². The number of carbonyl (C=O) groups excluding carboxylic acids is 2. The van der Waals surface area contributed by atoms with Crippen molar-refractivity contribution in [3.8, 4) is 11.5 Å². The van der Waals surface area contributed by atoms with Gasteiger partial charge in [-0.15, -0.1) is 0 Å². The Morgan fingerprint density at radius 1 is 1.19 bits per heavy atom. The van der Waals surface area contributed by atoms with Crippen molar-refractivity contribution < 1.29 is 34.4 Å². The molecule has 232 valence electrons. The highest BCUT2D eigenvalue weighted by atomic mass is 127. The molecule has 43 heavy (non-hydrogen) atoms. The Morgan fingerprint density at radius 2 is 1.98 bits per heavy atom. The molecule has 4 rings (SSSR count). The molecule has 1 heterocycles. The Labute approximate surface area is 265 Å². The van der Waals surface area contributed by atoms with E-state index >= 15 is 0 Å². The Hall–Kier alpha value is -3.13. The van der Waals surface area contributed by atoms with E-state index in [2.05, 4.69) is 39.0 Å². The molecule has 0 radical (unpaired) electrons. The third kappa shape index (κ3) is 8.08. The summed E-state index contributed by atoms with van der Waals surface area (Å²) in [4.78, 5) is 31.9. The van der Waals surface area contributed by atoms with Gasteiger partial charge in [-0.1, -0.05) is 31.5 Å². The summed E-state index contributed by atoms with van der Waals surface area (Å²) in [7, 11) is 1.49. The Bertz CT molecular complexity index is 1410. The molecule has 1 aliphatic rings. The zero-order valence-corrected chi connectivity index (χ0v) is 26.7. The zero-order chi connectivity index (χ0) is 30.9. The summed E-state index contributed by atoms with van der Waals surface area (Å²) in [6.07, 6.45) is 1.98. The number of hydrogen-bond acceptors (Lipinski definition) is 7. The van der Waals surface area contributed by atoms with Crippen molar-refractivity contribution in [2.24, 2.45) is 0 Å². The lowest BCUT2D eigenvalue weighted by atomic mass is 9.87. The number of aliphatic hydroxyl groups is 3. The molecule has 3 unspecified atom stereocenters. The van der Waals surface area contributed by atoms with E-state index < -0.39 is 24.2 Å². The van der Waals surface area contributed by atoms with Crippen LogP contribution in [0.4, 0.5) is 0 Å². The van der Waals surface area contributed by atoms with Gasteiger partial charge in [-0.25, -0.2) is 0 Å². The molecule has 10 nitrogen and oxygen atoms in total. The molecule has 2 aromatic carbocycles. The van der Waals surface area contributed by atoms with Gasteiger partial charge < -0.3 is 40.0 Å². The highest BCUT2D eigenvalue weighted by Gasteiger charge is 2.40. The maximum Gasteiger partial charge on any atom is 0.247 e. The zero-order valence-electron chi connectivity index (χ0n) is 24.5. The first-order chi connectivity index (χ1) is 20.8. The second-order valence-electron chi connectivity index (χ2n) is 10.6. The van der Waals surface area contributed by atoms with Gasteiger partial charge in [0.2, 0.25) is 11.8 Å². The first kappa shape index (κ1) is 32.8. The molecule has 3 atom stereocenters. The van der Waals surface area contributed by atoms with Crippen molar-refractivity contribution in [1.29, 1.82) is 0 Å². The molecule has 0 spiro atoms. The first-order valence-electron chi connectivity index (χ1n) is 14.6. The fourth-order valence-electron chi connectivity index (χ4n) is 5.35. The van der Waals surface area contributed by atoms with Gasteiger partial charge in [-0.2, -0.15) is 0 Å². The van der Waals surface area contributed by atoms with Crippen molar-refractivity contribution in [3.63, 3.8) is 0 Å². The van der Waals surface area contributed by atoms with E-state index in [1.165, 1.54) is 7.11 Å². The highest BCUT2D eigenvalue weighted by Crippen LogP contribution is 2.37. The molecular weight excluding hydrogens is 665 g/mol. The molecule has 3 aromatic rings. The normalized spacial score (nSPS) is 18.3. The number of aromatic amines is 1. The lowest BCUT2D eigenvalue weighted by molar-refractivity contribution is -0.138. The van der Waals surface area contributed by atoms with E-state index in [9.17, 15) is 24.9 Å². The lowest BCUT2D eigenvalue weighted by Gasteiger charge is -2.40. The Morgan fingerprint density at radius 3 is 2.67 bits per heavy atom. The van der Waals surface area contributed by atoms with E-state index in [1.54, 1.807) is 23.1 Å². The molecule has 0 bridgehead atoms. The van der Waals surface area contributed by atoms with Crippen molar-refractivity contribution in [2.45, 2.75) is 63.9 Å². The summed E-state index contributed by atoms with van der Waals surface area (Å²) >= 11 is 2.07. The molecule has 1 aromatic heterocycles. The predicted molar refractivity (Wildman–Crippen MR) is 172 cm³/mol. The van der Waals surface area contributed by atoms with Gasteiger partial charge in [0.25, 0.3) is 0 Å². The Kier molecular flexibility index (Phi) is 11.9. The topological polar surface area (TPSA) is 144 Å². The van der Waals surface area contributed by atoms with Gasteiger partial charge in [-0.05, 0) is 70.3 Å². The summed E-state index contributed by atoms with van der Waals surface area (Å²) in [5, 5.41) is 34.4. The number of aromatic nitrogens is 1. The van der Waals surface area contributed by atoms with Crippen molar-refractivity contribution >= 4 is 45.3 Å². The summed E-state index contributed by atoms with van der Waals surface area (Å²) in [5.41, 5.74) is 2.97. The number of methoxy groups -OCH3 is 1. The van der Waals surface area contributed by atoms with Crippen LogP contribution in [0.1, 0.15) is 43.9 Å². The second-order valence-corrected chi connectivity index (χ2v) is 11.8. The number of aliphatic hydroxyl groups excluding tert-OH is 3. The fraction of sp³-hybridized carbons (Fsp3) is 0.438. The van der Waals surface area contributed by atoms with Gasteiger partial charge >= 0.3 is 0 Å². The smallest absolute Gasteiger partial charge is 0.247 e. The largest absolute Gasteiger partial charge is 0.493 e. The van der Waals surface area contributed by atoms with Gasteiger partial charge in [0.1, 0.15) is 12.2 Å². The first-order valence-corrected chi connectivity index (χ1v) is 15.6. The monoisotopic (exact) mass is 705 g/mol. The number of ether oxygens (including phenoxy) is 2. The summed E-state index contributed by atoms with van der Waals surface area (Å²) < 4.78 is 12.5. The molecule has 11 heteroatoms. The highest BCUT2D eigenvalue weighted by molar-refractivity contribution is 14.1. The maximum absolute atomic E-state index is 13.6. The average Bonchev–Trinajstić information content (AvgIpc) is 3.44. The van der Waals surface area contributed by atoms with Crippen LogP contribution in [0.3, 0.4) is 0 Å². The third-order valence-electron chi connectivity index (χ3n) is 7.61. The van der Waals surface area contributed by atoms with Crippen molar-refractivity contribution in [3.05, 3.63) is 68.9 Å². The van der Waals surface area contributed by atoms with Crippen LogP contribution < -0.4 is 14.8 Å². The number of hydrogen-bond donors (Lipinski definition) is 5. The standard InChI is InChI=1S/C32H40IN3O7/c1-3-4-9-29(39)36(12-10-23-16-21-7-5-6-8-25(21)35-23)26-17-22(32(41)34-11-13-37)18-27(30(26)40)43-31-24(33)14-20(19-38)15-28(31)42-2/h5-8,14-16,18,26-27,30,35,37-38,40H,3-4,9-13,17,19H2,1-2H3,(H,34,41). The Balaban J connectivity index is 1.67. The van der Waals surface area contributed by atoms with Gasteiger partial charge in [0.15, 0.2) is 11.5 Å². The van der Waals surface area contributed by atoms with E-state index in [0.29, 0.717) is 52.0 Å². The molecule has 0 saturated heterocycles. The molecular formula is C32H40IN3O7. The number of nitrogens with one attached hydrogen (secondary N) is 2. The number of nitrogens with zero attached hydrogens (tertiary/aromatic N) is 1. The van der Waals surface area contributed by atoms with Crippen LogP contribution in [0.25, 0.3) is 10.9 Å². The van der Waals surface area contributed by atoms with Crippen molar-refractivity contribution in [2.75, 3.05) is 26.8 Å².